The van der Waals surface area contributed by atoms with Crippen molar-refractivity contribution in [2.75, 3.05) is 26.7 Å². The van der Waals surface area contributed by atoms with Crippen LogP contribution in [0.25, 0.3) is 0 Å². The minimum absolute atomic E-state index is 0. The molecule has 7 heteroatoms. The van der Waals surface area contributed by atoms with Crippen molar-refractivity contribution in [3.05, 3.63) is 33.8 Å². The van der Waals surface area contributed by atoms with Crippen LogP contribution in [0.5, 0.6) is 0 Å². The molecule has 2 N–H and O–H groups in total. The highest BCUT2D eigenvalue weighted by molar-refractivity contribution is 14.0. The van der Waals surface area contributed by atoms with Crippen LogP contribution in [-0.4, -0.2) is 49.6 Å². The summed E-state index contributed by atoms with van der Waals surface area (Å²) in [6, 6.07) is 6.78. The molecule has 0 aliphatic carbocycles. The zero-order chi connectivity index (χ0) is 17.5. The average molecular weight is 499 g/mol. The fourth-order valence-corrected chi connectivity index (χ4v) is 3.60. The Morgan fingerprint density at radius 3 is 2.32 bits per heavy atom. The van der Waals surface area contributed by atoms with Crippen molar-refractivity contribution in [1.82, 2.24) is 15.5 Å². The second kappa shape index (κ2) is 11.5. The van der Waals surface area contributed by atoms with Gasteiger partial charge in [0.05, 0.1) is 0 Å². The predicted molar refractivity (Wildman–Crippen MR) is 120 cm³/mol. The van der Waals surface area contributed by atoms with E-state index in [0.717, 1.165) is 50.4 Å². The molecule has 1 aliphatic rings. The summed E-state index contributed by atoms with van der Waals surface area (Å²) in [5.41, 5.74) is 1.13. The molecular weight excluding hydrogens is 470 g/mol. The fraction of sp³-hybridized carbons (Fsp3) is 0.611. The van der Waals surface area contributed by atoms with E-state index >= 15 is 0 Å². The van der Waals surface area contributed by atoms with Crippen LogP contribution >= 0.6 is 47.2 Å². The number of guanidine groups is 1. The third-order valence-corrected chi connectivity index (χ3v) is 4.89. The molecule has 0 aromatic heterocycles. The Balaban J connectivity index is 0.00000312. The number of piperidine rings is 1. The van der Waals surface area contributed by atoms with Crippen molar-refractivity contribution in [3.8, 4) is 0 Å². The van der Waals surface area contributed by atoms with Gasteiger partial charge in [0.1, 0.15) is 0 Å². The van der Waals surface area contributed by atoms with Crippen LogP contribution < -0.4 is 10.6 Å². The number of rotatable bonds is 5. The van der Waals surface area contributed by atoms with Crippen LogP contribution in [0.3, 0.4) is 0 Å². The van der Waals surface area contributed by atoms with Gasteiger partial charge in [0.15, 0.2) is 5.96 Å². The van der Waals surface area contributed by atoms with Gasteiger partial charge in [-0.25, -0.2) is 0 Å². The second-order valence-electron chi connectivity index (χ2n) is 6.58. The Labute approximate surface area is 178 Å². The van der Waals surface area contributed by atoms with Gasteiger partial charge >= 0.3 is 0 Å². The van der Waals surface area contributed by atoms with Crippen molar-refractivity contribution >= 4 is 53.1 Å². The Morgan fingerprint density at radius 2 is 1.80 bits per heavy atom. The maximum Gasteiger partial charge on any atom is 0.191 e. The van der Waals surface area contributed by atoms with Crippen molar-refractivity contribution in [1.29, 1.82) is 0 Å². The van der Waals surface area contributed by atoms with E-state index in [9.17, 15) is 0 Å². The molecule has 0 saturated carbocycles. The van der Waals surface area contributed by atoms with Gasteiger partial charge in [-0.3, -0.25) is 4.99 Å². The molecule has 142 valence electrons. The first-order valence-electron chi connectivity index (χ1n) is 8.64. The first-order valence-corrected chi connectivity index (χ1v) is 9.39. The number of nitrogens with one attached hydrogen (secondary N) is 2. The fourth-order valence-electron chi connectivity index (χ4n) is 3.03. The van der Waals surface area contributed by atoms with Gasteiger partial charge in [-0.15, -0.1) is 24.0 Å². The standard InChI is InChI=1S/C18H28Cl2N4.HI/c1-13(2)24-8-5-17(6-9-24)23-18(21-3)22-7-4-14-10-15(19)12-16(20)11-14;/h10-13,17H,4-9H2,1-3H3,(H2,21,22,23);1H. The molecule has 0 atom stereocenters. The van der Waals surface area contributed by atoms with Crippen LogP contribution in [0.2, 0.25) is 10.0 Å². The van der Waals surface area contributed by atoms with E-state index in [4.69, 9.17) is 23.2 Å². The minimum Gasteiger partial charge on any atom is -0.356 e. The van der Waals surface area contributed by atoms with E-state index in [-0.39, 0.29) is 24.0 Å². The number of hydrogen-bond acceptors (Lipinski definition) is 2. The average Bonchev–Trinajstić information content (AvgIpc) is 2.53. The lowest BCUT2D eigenvalue weighted by Gasteiger charge is -2.35. The summed E-state index contributed by atoms with van der Waals surface area (Å²) in [5, 5.41) is 8.27. The zero-order valence-corrected chi connectivity index (χ0v) is 19.0. The SMILES string of the molecule is CN=C(NCCc1cc(Cl)cc(Cl)c1)NC1CCN(C(C)C)CC1.I. The molecule has 1 aromatic carbocycles. The molecule has 0 unspecified atom stereocenters. The minimum atomic E-state index is 0. The molecular formula is C18H29Cl2IN4. The van der Waals surface area contributed by atoms with Gasteiger partial charge in [0, 0.05) is 48.8 Å². The maximum atomic E-state index is 6.04. The first-order chi connectivity index (χ1) is 11.5. The van der Waals surface area contributed by atoms with E-state index in [0.29, 0.717) is 22.1 Å². The summed E-state index contributed by atoms with van der Waals surface area (Å²) in [7, 11) is 1.81. The highest BCUT2D eigenvalue weighted by atomic mass is 127. The maximum absolute atomic E-state index is 6.04. The number of aliphatic imine (C=N–C) groups is 1. The molecule has 1 heterocycles. The van der Waals surface area contributed by atoms with Gasteiger partial charge in [0.2, 0.25) is 0 Å². The van der Waals surface area contributed by atoms with E-state index in [1.54, 1.807) is 6.07 Å². The molecule has 0 amide bonds. The summed E-state index contributed by atoms with van der Waals surface area (Å²) in [6.07, 6.45) is 3.17. The number of nitrogens with zero attached hydrogens (tertiary/aromatic N) is 2. The molecule has 4 nitrogen and oxygen atoms in total. The molecule has 1 aromatic rings. The molecule has 1 fully saturated rings. The van der Waals surface area contributed by atoms with Gasteiger partial charge in [-0.2, -0.15) is 0 Å². The lowest BCUT2D eigenvalue weighted by molar-refractivity contribution is 0.167. The van der Waals surface area contributed by atoms with Gasteiger partial charge in [-0.1, -0.05) is 23.2 Å². The molecule has 1 aliphatic heterocycles. The molecule has 0 bridgehead atoms. The Hall–Kier alpha value is -0.240. The van der Waals surface area contributed by atoms with E-state index < -0.39 is 0 Å². The van der Waals surface area contributed by atoms with Crippen molar-refractivity contribution in [3.63, 3.8) is 0 Å². The number of benzene rings is 1. The van der Waals surface area contributed by atoms with E-state index in [1.165, 1.54) is 0 Å². The largest absolute Gasteiger partial charge is 0.356 e. The summed E-state index contributed by atoms with van der Waals surface area (Å²) >= 11 is 12.1. The van der Waals surface area contributed by atoms with Crippen LogP contribution in [0.4, 0.5) is 0 Å². The van der Waals surface area contributed by atoms with Crippen molar-refractivity contribution in [2.24, 2.45) is 4.99 Å². The van der Waals surface area contributed by atoms with Gasteiger partial charge < -0.3 is 15.5 Å². The Morgan fingerprint density at radius 1 is 1.20 bits per heavy atom. The normalized spacial score (nSPS) is 16.6. The zero-order valence-electron chi connectivity index (χ0n) is 15.2. The van der Waals surface area contributed by atoms with Crippen LogP contribution in [-0.2, 0) is 6.42 Å². The van der Waals surface area contributed by atoms with Crippen LogP contribution in [0.1, 0.15) is 32.3 Å². The lowest BCUT2D eigenvalue weighted by atomic mass is 10.0. The van der Waals surface area contributed by atoms with Gasteiger partial charge in [0.25, 0.3) is 0 Å². The topological polar surface area (TPSA) is 39.7 Å². The second-order valence-corrected chi connectivity index (χ2v) is 7.45. The van der Waals surface area contributed by atoms with E-state index in [1.807, 2.05) is 19.2 Å². The Bertz CT molecular complexity index is 538. The number of hydrogen-bond donors (Lipinski definition) is 2. The summed E-state index contributed by atoms with van der Waals surface area (Å²) in [4.78, 5) is 6.86. The Kier molecular flexibility index (Phi) is 10.5. The van der Waals surface area contributed by atoms with Crippen molar-refractivity contribution in [2.45, 2.75) is 45.2 Å². The van der Waals surface area contributed by atoms with Crippen LogP contribution in [0, 0.1) is 0 Å². The molecule has 2 rings (SSSR count). The van der Waals surface area contributed by atoms with Crippen LogP contribution in [0.15, 0.2) is 23.2 Å². The molecule has 1 saturated heterocycles. The summed E-state index contributed by atoms with van der Waals surface area (Å²) < 4.78 is 0. The van der Waals surface area contributed by atoms with Gasteiger partial charge in [-0.05, 0) is 56.9 Å². The van der Waals surface area contributed by atoms with Crippen molar-refractivity contribution < 1.29 is 0 Å². The highest BCUT2D eigenvalue weighted by Gasteiger charge is 2.21. The molecule has 25 heavy (non-hydrogen) atoms. The predicted octanol–water partition coefficient (Wildman–Crippen LogP) is 4.19. The summed E-state index contributed by atoms with van der Waals surface area (Å²) in [5.74, 6) is 0.867. The summed E-state index contributed by atoms with van der Waals surface area (Å²) in [6.45, 7) is 7.61. The third kappa shape index (κ3) is 7.89. The lowest BCUT2D eigenvalue weighted by Crippen LogP contribution is -2.50. The highest BCUT2D eigenvalue weighted by Crippen LogP contribution is 2.19. The molecule has 0 spiro atoms. The van der Waals surface area contributed by atoms with E-state index in [2.05, 4.69) is 34.4 Å². The number of likely N-dealkylation sites (tertiary alicyclic amines) is 1. The number of halogens is 3. The first kappa shape index (κ1) is 22.8. The monoisotopic (exact) mass is 498 g/mol. The molecule has 0 radical (unpaired) electrons. The quantitative estimate of drug-likeness (QED) is 0.363. The smallest absolute Gasteiger partial charge is 0.191 e. The third-order valence-electron chi connectivity index (χ3n) is 4.45.